The van der Waals surface area contributed by atoms with Crippen molar-refractivity contribution in [1.29, 1.82) is 0 Å². The van der Waals surface area contributed by atoms with E-state index >= 15 is 0 Å². The number of hydrogen-bond donors (Lipinski definition) is 0. The van der Waals surface area contributed by atoms with Gasteiger partial charge in [-0.05, 0) is 14.1 Å². The molecular weight excluding hydrogens is 292 g/mol. The van der Waals surface area contributed by atoms with Crippen LogP contribution in [0.3, 0.4) is 0 Å². The molecule has 0 bridgehead atoms. The van der Waals surface area contributed by atoms with Gasteiger partial charge in [-0.15, -0.1) is 0 Å². The van der Waals surface area contributed by atoms with Crippen LogP contribution >= 0.6 is 15.9 Å². The van der Waals surface area contributed by atoms with Gasteiger partial charge in [0.1, 0.15) is 12.0 Å². The van der Waals surface area contributed by atoms with E-state index < -0.39 is 24.0 Å². The van der Waals surface area contributed by atoms with E-state index in [0.29, 0.717) is 0 Å². The lowest BCUT2D eigenvalue weighted by Gasteiger charge is -2.41. The largest absolute Gasteiger partial charge is 0.548 e. The Morgan fingerprint density at radius 3 is 1.94 bits per heavy atom. The first kappa shape index (κ1) is 16.3. The molecule has 0 aliphatic heterocycles. The lowest BCUT2D eigenvalue weighted by atomic mass is 10.1. The minimum atomic E-state index is -1.21. The number of alkyl halides is 1. The first-order chi connectivity index (χ1) is 7.63. The van der Waals surface area contributed by atoms with Crippen LogP contribution in [0.25, 0.3) is 0 Å². The molecule has 6 nitrogen and oxygen atoms in total. The van der Waals surface area contributed by atoms with Crippen LogP contribution in [-0.4, -0.2) is 73.5 Å². The van der Waals surface area contributed by atoms with E-state index in [1.807, 2.05) is 0 Å². The van der Waals surface area contributed by atoms with Crippen molar-refractivity contribution in [2.24, 2.45) is 0 Å². The van der Waals surface area contributed by atoms with Gasteiger partial charge in [0.2, 0.25) is 0 Å². The third-order valence-corrected chi connectivity index (χ3v) is 3.41. The summed E-state index contributed by atoms with van der Waals surface area (Å²) >= 11 is 3.10. The summed E-state index contributed by atoms with van der Waals surface area (Å²) in [5, 5.41) is 22.1. The predicted octanol–water partition coefficient (Wildman–Crippen LogP) is -2.74. The molecule has 0 amide bonds. The minimum Gasteiger partial charge on any atom is -0.548 e. The molecule has 0 saturated carbocycles. The third kappa shape index (κ3) is 4.61. The molecule has 2 atom stereocenters. The number of rotatable bonds is 7. The van der Waals surface area contributed by atoms with Crippen LogP contribution in [0.1, 0.15) is 0 Å². The van der Waals surface area contributed by atoms with E-state index in [2.05, 4.69) is 15.9 Å². The highest BCUT2D eigenvalue weighted by atomic mass is 79.9. The zero-order chi connectivity index (χ0) is 13.8. The number of carboxylic acids is 2. The summed E-state index contributed by atoms with van der Waals surface area (Å²) in [5.41, 5.74) is 0. The molecule has 0 N–H and O–H groups in total. The fourth-order valence-corrected chi connectivity index (χ4v) is 2.60. The number of carbonyl (C=O) groups is 2. The average molecular weight is 310 g/mol. The number of nitrogens with zero attached hydrogens (tertiary/aromatic N) is 2. The number of carboxylic acid groups (broad SMARTS) is 2. The molecule has 17 heavy (non-hydrogen) atoms. The Morgan fingerprint density at radius 1 is 1.24 bits per heavy atom. The minimum absolute atomic E-state index is 0.00438. The molecule has 0 fully saturated rings. The lowest BCUT2D eigenvalue weighted by Crippen LogP contribution is -2.64. The van der Waals surface area contributed by atoms with Crippen molar-refractivity contribution in [3.8, 4) is 0 Å². The van der Waals surface area contributed by atoms with Crippen LogP contribution < -0.4 is 10.2 Å². The Labute approximate surface area is 110 Å². The van der Waals surface area contributed by atoms with Crippen LogP contribution in [0.5, 0.6) is 0 Å². The fraction of sp³-hybridized carbons (Fsp3) is 0.800. The van der Waals surface area contributed by atoms with E-state index in [0.717, 1.165) is 0 Å². The van der Waals surface area contributed by atoms with Crippen molar-refractivity contribution in [2.75, 3.05) is 40.1 Å². The Morgan fingerprint density at radius 2 is 1.71 bits per heavy atom. The number of carbonyl (C=O) groups excluding carboxylic acids is 2. The second-order valence-corrected chi connectivity index (χ2v) is 5.40. The number of halogens is 1. The summed E-state index contributed by atoms with van der Waals surface area (Å²) in [4.78, 5) is 23.4. The molecular formula is C10H18BrN2O4-. The van der Waals surface area contributed by atoms with Gasteiger partial charge >= 0.3 is 0 Å². The van der Waals surface area contributed by atoms with E-state index in [1.54, 1.807) is 28.2 Å². The monoisotopic (exact) mass is 309 g/mol. The molecule has 100 valence electrons. The second kappa shape index (κ2) is 6.32. The van der Waals surface area contributed by atoms with Crippen LogP contribution in [0.4, 0.5) is 0 Å². The van der Waals surface area contributed by atoms with E-state index in [1.165, 1.54) is 4.90 Å². The zero-order valence-corrected chi connectivity index (χ0v) is 12.1. The average Bonchev–Trinajstić information content (AvgIpc) is 2.13. The first-order valence-electron chi connectivity index (χ1n) is 5.10. The van der Waals surface area contributed by atoms with Gasteiger partial charge in [-0.25, -0.2) is 0 Å². The molecule has 7 heteroatoms. The van der Waals surface area contributed by atoms with E-state index in [4.69, 9.17) is 0 Å². The molecule has 0 aromatic rings. The fourth-order valence-electron chi connectivity index (χ4n) is 1.56. The molecule has 0 aromatic carbocycles. The number of quaternary nitrogens is 1. The Hall–Kier alpha value is -0.660. The molecule has 0 aliphatic carbocycles. The molecule has 0 heterocycles. The lowest BCUT2D eigenvalue weighted by molar-refractivity contribution is -0.906. The summed E-state index contributed by atoms with van der Waals surface area (Å²) in [6.45, 7) is 0.125. The van der Waals surface area contributed by atoms with Crippen molar-refractivity contribution in [3.05, 3.63) is 0 Å². The number of aliphatic carboxylic acids is 2. The standard InChI is InChI=1S/C10H19BrN2O4/c1-12(2)7(9(14)15)6-13(3,4)8(5-11)10(16)17/h7-8H,5-6H2,1-4H3,(H-,14,15,16,17)/p-1. The quantitative estimate of drug-likeness (QED) is 0.376. The topological polar surface area (TPSA) is 83.5 Å². The summed E-state index contributed by atoms with van der Waals surface area (Å²) < 4.78 is 0.00438. The molecule has 2 unspecified atom stereocenters. The maximum Gasteiger partial charge on any atom is 0.139 e. The van der Waals surface area contributed by atoms with Crippen LogP contribution in [0.15, 0.2) is 0 Å². The van der Waals surface area contributed by atoms with Crippen molar-refractivity contribution in [1.82, 2.24) is 4.90 Å². The van der Waals surface area contributed by atoms with Crippen molar-refractivity contribution >= 4 is 27.9 Å². The normalized spacial score (nSPS) is 15.6. The van der Waals surface area contributed by atoms with Gasteiger partial charge in [0, 0.05) is 0 Å². The molecule has 0 rings (SSSR count). The molecule has 0 radical (unpaired) electrons. The summed E-state index contributed by atoms with van der Waals surface area (Å²) in [6, 6.07) is -1.65. The number of likely N-dealkylation sites (N-methyl/N-ethyl adjacent to an activating group) is 2. The number of hydrogen-bond acceptors (Lipinski definition) is 5. The van der Waals surface area contributed by atoms with Gasteiger partial charge in [-0.1, -0.05) is 15.9 Å². The van der Waals surface area contributed by atoms with Gasteiger partial charge in [-0.3, -0.25) is 4.90 Å². The smallest absolute Gasteiger partial charge is 0.139 e. The second-order valence-electron chi connectivity index (χ2n) is 4.75. The highest BCUT2D eigenvalue weighted by molar-refractivity contribution is 9.09. The van der Waals surface area contributed by atoms with Gasteiger partial charge in [0.15, 0.2) is 0 Å². The highest BCUT2D eigenvalue weighted by Crippen LogP contribution is 2.12. The highest BCUT2D eigenvalue weighted by Gasteiger charge is 2.32. The SMILES string of the molecule is CN(C)C(C[N+](C)(C)C(CBr)C(=O)[O-])C(=O)[O-]. The van der Waals surface area contributed by atoms with Gasteiger partial charge in [-0.2, -0.15) is 0 Å². The maximum absolute atomic E-state index is 11.0. The molecule has 0 aromatic heterocycles. The summed E-state index contributed by atoms with van der Waals surface area (Å²) in [7, 11) is 6.54. The summed E-state index contributed by atoms with van der Waals surface area (Å²) in [6.07, 6.45) is 0. The van der Waals surface area contributed by atoms with Crippen molar-refractivity contribution < 1.29 is 24.3 Å². The van der Waals surface area contributed by atoms with Crippen LogP contribution in [0.2, 0.25) is 0 Å². The van der Waals surface area contributed by atoms with Gasteiger partial charge in [0.05, 0.1) is 38.0 Å². The van der Waals surface area contributed by atoms with Crippen LogP contribution in [-0.2, 0) is 9.59 Å². The molecule has 0 saturated heterocycles. The van der Waals surface area contributed by atoms with Crippen molar-refractivity contribution in [3.63, 3.8) is 0 Å². The van der Waals surface area contributed by atoms with Gasteiger partial charge in [0.25, 0.3) is 0 Å². The third-order valence-electron chi connectivity index (χ3n) is 2.80. The Bertz CT molecular complexity index is 294. The molecule has 0 aliphatic rings. The first-order valence-corrected chi connectivity index (χ1v) is 6.22. The van der Waals surface area contributed by atoms with E-state index in [9.17, 15) is 19.8 Å². The Kier molecular flexibility index (Phi) is 6.08. The Balaban J connectivity index is 4.93. The molecule has 0 spiro atoms. The summed E-state index contributed by atoms with van der Waals surface area (Å²) in [5.74, 6) is -2.42. The van der Waals surface area contributed by atoms with Gasteiger partial charge < -0.3 is 24.3 Å². The van der Waals surface area contributed by atoms with E-state index in [-0.39, 0.29) is 16.4 Å². The predicted molar refractivity (Wildman–Crippen MR) is 62.0 cm³/mol. The maximum atomic E-state index is 11.0. The van der Waals surface area contributed by atoms with Crippen molar-refractivity contribution in [2.45, 2.75) is 12.1 Å². The zero-order valence-electron chi connectivity index (χ0n) is 10.5. The van der Waals surface area contributed by atoms with Crippen LogP contribution in [0, 0.1) is 0 Å².